The second kappa shape index (κ2) is 12.0. The average Bonchev–Trinajstić information content (AvgIpc) is 2.81. The molecule has 3 aromatic rings. The SMILES string of the molecule is N#Cc1cc(Cl)cc(Oc2c(Cl)ccc(CNC(=O)c3cnccn3)c2F)c1.O=C(O)C(F)(F)F. The lowest BCUT2D eigenvalue weighted by Crippen LogP contribution is -2.24. The quantitative estimate of drug-likeness (QED) is 0.437. The lowest BCUT2D eigenvalue weighted by atomic mass is 10.2. The summed E-state index contributed by atoms with van der Waals surface area (Å²) in [5, 5.41) is 19.0. The van der Waals surface area contributed by atoms with Crippen LogP contribution in [-0.2, 0) is 11.3 Å². The summed E-state index contributed by atoms with van der Waals surface area (Å²) in [6.07, 6.45) is -0.967. The molecule has 2 N–H and O–H groups in total. The zero-order chi connectivity index (χ0) is 26.2. The van der Waals surface area contributed by atoms with Crippen molar-refractivity contribution >= 4 is 35.1 Å². The number of hydrogen-bond acceptors (Lipinski definition) is 6. The molecule has 1 heterocycles. The van der Waals surface area contributed by atoms with Gasteiger partial charge in [0.2, 0.25) is 0 Å². The van der Waals surface area contributed by atoms with Crippen LogP contribution in [0.15, 0.2) is 48.9 Å². The molecule has 0 atom stereocenters. The number of rotatable bonds is 5. The molecule has 0 bridgehead atoms. The van der Waals surface area contributed by atoms with Gasteiger partial charge in [-0.1, -0.05) is 29.3 Å². The van der Waals surface area contributed by atoms with Crippen LogP contribution in [0.25, 0.3) is 0 Å². The molecule has 182 valence electrons. The number of nitrogens with zero attached hydrogens (tertiary/aromatic N) is 3. The largest absolute Gasteiger partial charge is 0.490 e. The first-order valence-corrected chi connectivity index (χ1v) is 9.87. The summed E-state index contributed by atoms with van der Waals surface area (Å²) in [4.78, 5) is 28.6. The number of carbonyl (C=O) groups excluding carboxylic acids is 1. The lowest BCUT2D eigenvalue weighted by molar-refractivity contribution is -0.192. The molecule has 14 heteroatoms. The molecular weight excluding hydrogens is 519 g/mol. The standard InChI is InChI=1S/C19H11Cl2FN4O2.C2HF3O2/c20-13-5-11(8-23)6-14(7-13)28-18-15(21)2-1-12(17(18)22)9-26-19(27)16-10-24-3-4-25-16;3-2(4,5)1(6)7/h1-7,10H,9H2,(H,26,27);(H,6,7). The number of ether oxygens (including phenoxy) is 1. The fraction of sp³-hybridized carbons (Fsp3) is 0.0952. The van der Waals surface area contributed by atoms with E-state index in [4.69, 9.17) is 43.1 Å². The fourth-order valence-electron chi connectivity index (χ4n) is 2.29. The smallest absolute Gasteiger partial charge is 0.475 e. The van der Waals surface area contributed by atoms with Gasteiger partial charge >= 0.3 is 12.1 Å². The van der Waals surface area contributed by atoms with Crippen molar-refractivity contribution in [2.75, 3.05) is 0 Å². The normalized spacial score (nSPS) is 10.4. The summed E-state index contributed by atoms with van der Waals surface area (Å²) in [5.74, 6) is -4.08. The molecular formula is C21H12Cl2F4N4O4. The van der Waals surface area contributed by atoms with E-state index >= 15 is 0 Å². The van der Waals surface area contributed by atoms with Crippen LogP contribution in [0.3, 0.4) is 0 Å². The predicted octanol–water partition coefficient (Wildman–Crippen LogP) is 5.15. The van der Waals surface area contributed by atoms with Crippen molar-refractivity contribution in [3.8, 4) is 17.6 Å². The maximum absolute atomic E-state index is 14.9. The molecule has 3 rings (SSSR count). The molecule has 1 amide bonds. The third-order valence-electron chi connectivity index (χ3n) is 3.83. The maximum atomic E-state index is 14.9. The van der Waals surface area contributed by atoms with Crippen molar-refractivity contribution in [1.29, 1.82) is 5.26 Å². The van der Waals surface area contributed by atoms with Gasteiger partial charge in [-0.3, -0.25) is 9.78 Å². The highest BCUT2D eigenvalue weighted by Crippen LogP contribution is 2.35. The topological polar surface area (TPSA) is 125 Å². The van der Waals surface area contributed by atoms with E-state index in [1.54, 1.807) is 0 Å². The maximum Gasteiger partial charge on any atom is 0.490 e. The fourth-order valence-corrected chi connectivity index (χ4v) is 2.70. The minimum Gasteiger partial charge on any atom is -0.475 e. The van der Waals surface area contributed by atoms with Gasteiger partial charge in [0.05, 0.1) is 22.9 Å². The molecule has 35 heavy (non-hydrogen) atoms. The van der Waals surface area contributed by atoms with Gasteiger partial charge in [-0.15, -0.1) is 0 Å². The second-order valence-corrected chi connectivity index (χ2v) is 7.16. The lowest BCUT2D eigenvalue weighted by Gasteiger charge is -2.13. The van der Waals surface area contributed by atoms with Crippen LogP contribution < -0.4 is 10.1 Å². The minimum absolute atomic E-state index is 0.0278. The summed E-state index contributed by atoms with van der Waals surface area (Å²) in [6, 6.07) is 9.10. The molecule has 0 saturated heterocycles. The van der Waals surface area contributed by atoms with Gasteiger partial charge in [0, 0.05) is 29.5 Å². The number of aromatic nitrogens is 2. The number of amides is 1. The van der Waals surface area contributed by atoms with Gasteiger partial charge in [0.25, 0.3) is 5.91 Å². The molecule has 0 unspecified atom stereocenters. The van der Waals surface area contributed by atoms with Crippen LogP contribution in [0.5, 0.6) is 11.5 Å². The number of carbonyl (C=O) groups is 2. The zero-order valence-electron chi connectivity index (χ0n) is 17.1. The van der Waals surface area contributed by atoms with Gasteiger partial charge < -0.3 is 15.2 Å². The number of nitriles is 1. The Kier molecular flexibility index (Phi) is 9.33. The highest BCUT2D eigenvalue weighted by atomic mass is 35.5. The van der Waals surface area contributed by atoms with E-state index in [2.05, 4.69) is 15.3 Å². The Bertz CT molecular complexity index is 1270. The Morgan fingerprint density at radius 3 is 2.43 bits per heavy atom. The minimum atomic E-state index is -5.08. The van der Waals surface area contributed by atoms with Crippen molar-refractivity contribution in [3.05, 3.63) is 81.6 Å². The van der Waals surface area contributed by atoms with Crippen LogP contribution in [0, 0.1) is 17.1 Å². The van der Waals surface area contributed by atoms with Crippen molar-refractivity contribution in [1.82, 2.24) is 15.3 Å². The number of carboxylic acid groups (broad SMARTS) is 1. The Morgan fingerprint density at radius 2 is 1.86 bits per heavy atom. The van der Waals surface area contributed by atoms with E-state index in [0.29, 0.717) is 0 Å². The summed E-state index contributed by atoms with van der Waals surface area (Å²) < 4.78 is 52.1. The van der Waals surface area contributed by atoms with Crippen LogP contribution in [0.4, 0.5) is 17.6 Å². The van der Waals surface area contributed by atoms with Crippen molar-refractivity contribution in [3.63, 3.8) is 0 Å². The van der Waals surface area contributed by atoms with E-state index in [0.717, 1.165) is 0 Å². The van der Waals surface area contributed by atoms with Crippen LogP contribution >= 0.6 is 23.2 Å². The van der Waals surface area contributed by atoms with E-state index in [1.165, 1.54) is 48.9 Å². The first-order valence-electron chi connectivity index (χ1n) is 9.12. The number of nitrogens with one attached hydrogen (secondary N) is 1. The zero-order valence-corrected chi connectivity index (χ0v) is 18.6. The molecule has 0 radical (unpaired) electrons. The number of alkyl halides is 3. The van der Waals surface area contributed by atoms with Crippen LogP contribution in [0.1, 0.15) is 21.6 Å². The molecule has 0 saturated carbocycles. The van der Waals surface area contributed by atoms with Crippen LogP contribution in [0.2, 0.25) is 10.0 Å². The van der Waals surface area contributed by atoms with Crippen molar-refractivity contribution in [2.45, 2.75) is 12.7 Å². The molecule has 2 aromatic carbocycles. The van der Waals surface area contributed by atoms with Crippen LogP contribution in [-0.4, -0.2) is 33.1 Å². The molecule has 0 aliphatic heterocycles. The van der Waals surface area contributed by atoms with E-state index in [9.17, 15) is 22.4 Å². The highest BCUT2D eigenvalue weighted by molar-refractivity contribution is 6.32. The number of benzene rings is 2. The molecule has 8 nitrogen and oxygen atoms in total. The first kappa shape index (κ1) is 27.3. The van der Waals surface area contributed by atoms with Gasteiger partial charge in [0.1, 0.15) is 11.4 Å². The van der Waals surface area contributed by atoms with Gasteiger partial charge in [-0.05, 0) is 24.3 Å². The monoisotopic (exact) mass is 530 g/mol. The average molecular weight is 531 g/mol. The number of aliphatic carboxylic acids is 1. The molecule has 0 aliphatic rings. The Labute approximate surface area is 204 Å². The number of halogens is 6. The summed E-state index contributed by atoms with van der Waals surface area (Å²) in [6.45, 7) is -0.117. The number of hydrogen-bond donors (Lipinski definition) is 2. The second-order valence-electron chi connectivity index (χ2n) is 6.32. The molecule has 0 spiro atoms. The number of carboxylic acids is 1. The molecule has 0 fully saturated rings. The first-order chi connectivity index (χ1) is 16.4. The van der Waals surface area contributed by atoms with Gasteiger partial charge in [-0.25, -0.2) is 14.2 Å². The predicted molar refractivity (Wildman–Crippen MR) is 115 cm³/mol. The summed E-state index contributed by atoms with van der Waals surface area (Å²) in [7, 11) is 0. The van der Waals surface area contributed by atoms with Gasteiger partial charge in [-0.2, -0.15) is 18.4 Å². The summed E-state index contributed by atoms with van der Waals surface area (Å²) in [5.41, 5.74) is 0.516. The Balaban J connectivity index is 0.000000540. The Morgan fingerprint density at radius 1 is 1.17 bits per heavy atom. The van der Waals surface area contributed by atoms with Gasteiger partial charge in [0.15, 0.2) is 11.6 Å². The van der Waals surface area contributed by atoms with Crippen molar-refractivity contribution in [2.24, 2.45) is 0 Å². The van der Waals surface area contributed by atoms with E-state index in [-0.39, 0.29) is 44.9 Å². The highest BCUT2D eigenvalue weighted by Gasteiger charge is 2.38. The molecule has 1 aromatic heterocycles. The molecule has 0 aliphatic carbocycles. The van der Waals surface area contributed by atoms with E-state index < -0.39 is 23.9 Å². The van der Waals surface area contributed by atoms with E-state index in [1.807, 2.05) is 6.07 Å². The third-order valence-corrected chi connectivity index (χ3v) is 4.34. The third kappa shape index (κ3) is 8.09. The van der Waals surface area contributed by atoms with Crippen molar-refractivity contribution < 1.29 is 37.0 Å². The Hall–Kier alpha value is -3.95. The summed E-state index contributed by atoms with van der Waals surface area (Å²) >= 11 is 12.0.